The smallest absolute Gasteiger partial charge is 0.254 e. The van der Waals surface area contributed by atoms with Crippen molar-refractivity contribution in [1.82, 2.24) is 19.9 Å². The average molecular weight is 385 g/mol. The Hall–Kier alpha value is -3.59. The lowest BCUT2D eigenvalue weighted by Crippen LogP contribution is -2.30. The summed E-state index contributed by atoms with van der Waals surface area (Å²) in [6.45, 7) is 7.77. The monoisotopic (exact) mass is 385 g/mol. The fourth-order valence-electron chi connectivity index (χ4n) is 3.19. The number of rotatable bonds is 4. The quantitative estimate of drug-likeness (QED) is 0.673. The molecule has 29 heavy (non-hydrogen) atoms. The first-order chi connectivity index (χ1) is 13.8. The van der Waals surface area contributed by atoms with Crippen LogP contribution in [0.5, 0.6) is 0 Å². The number of amides is 1. The van der Waals surface area contributed by atoms with E-state index in [0.717, 1.165) is 28.1 Å². The summed E-state index contributed by atoms with van der Waals surface area (Å²) in [5.74, 6) is -0.104. The van der Waals surface area contributed by atoms with Crippen molar-refractivity contribution in [3.05, 3.63) is 76.5 Å². The Morgan fingerprint density at radius 3 is 2.38 bits per heavy atom. The minimum atomic E-state index is -0.181. The number of pyridine rings is 1. The molecule has 6 nitrogen and oxygen atoms in total. The molecule has 3 rings (SSSR count). The highest BCUT2D eigenvalue weighted by Crippen LogP contribution is 2.28. The summed E-state index contributed by atoms with van der Waals surface area (Å²) in [5, 5.41) is 9.60. The maximum Gasteiger partial charge on any atom is 0.254 e. The van der Waals surface area contributed by atoms with Crippen molar-refractivity contribution < 1.29 is 4.79 Å². The van der Waals surface area contributed by atoms with Gasteiger partial charge in [0.1, 0.15) is 12.4 Å². The van der Waals surface area contributed by atoms with Gasteiger partial charge in [0.05, 0.1) is 23.0 Å². The summed E-state index contributed by atoms with van der Waals surface area (Å²) < 4.78 is 0. The number of aromatic nitrogens is 3. The van der Waals surface area contributed by atoms with Crippen LogP contribution in [0.15, 0.2) is 42.9 Å². The molecule has 0 fully saturated rings. The van der Waals surface area contributed by atoms with Crippen molar-refractivity contribution in [1.29, 1.82) is 5.26 Å². The lowest BCUT2D eigenvalue weighted by atomic mass is 9.97. The Morgan fingerprint density at radius 1 is 1.10 bits per heavy atom. The Labute approximate surface area is 170 Å². The highest BCUT2D eigenvalue weighted by molar-refractivity contribution is 5.94. The second-order valence-electron chi connectivity index (χ2n) is 7.09. The van der Waals surface area contributed by atoms with Crippen molar-refractivity contribution in [3.8, 4) is 17.3 Å². The van der Waals surface area contributed by atoms with E-state index in [9.17, 15) is 10.1 Å². The summed E-state index contributed by atoms with van der Waals surface area (Å²) in [4.78, 5) is 27.3. The molecule has 0 aliphatic rings. The number of benzene rings is 1. The van der Waals surface area contributed by atoms with E-state index in [2.05, 4.69) is 21.0 Å². The molecule has 0 saturated heterocycles. The Bertz CT molecular complexity index is 1080. The molecule has 2 heterocycles. The first-order valence-corrected chi connectivity index (χ1v) is 9.36. The van der Waals surface area contributed by atoms with Gasteiger partial charge in [0.2, 0.25) is 0 Å². The van der Waals surface area contributed by atoms with E-state index in [0.29, 0.717) is 16.8 Å². The van der Waals surface area contributed by atoms with E-state index >= 15 is 0 Å². The minimum absolute atomic E-state index is 0.104. The van der Waals surface area contributed by atoms with Crippen LogP contribution in [0.3, 0.4) is 0 Å². The molecular weight excluding hydrogens is 362 g/mol. The van der Waals surface area contributed by atoms with Gasteiger partial charge >= 0.3 is 0 Å². The topological polar surface area (TPSA) is 82.8 Å². The maximum absolute atomic E-state index is 12.9. The molecule has 0 aliphatic carbocycles. The second-order valence-corrected chi connectivity index (χ2v) is 7.09. The van der Waals surface area contributed by atoms with E-state index in [1.54, 1.807) is 36.3 Å². The Balaban J connectivity index is 1.90. The zero-order chi connectivity index (χ0) is 21.1. The molecule has 2 aromatic heterocycles. The van der Waals surface area contributed by atoms with Crippen LogP contribution < -0.4 is 0 Å². The highest BCUT2D eigenvalue weighted by Gasteiger charge is 2.20. The summed E-state index contributed by atoms with van der Waals surface area (Å²) in [7, 11) is 1.76. The molecule has 0 spiro atoms. The van der Waals surface area contributed by atoms with Gasteiger partial charge in [-0.2, -0.15) is 5.26 Å². The molecule has 0 unspecified atom stereocenters. The summed E-state index contributed by atoms with van der Waals surface area (Å²) >= 11 is 0. The molecule has 3 aromatic rings. The minimum Gasteiger partial charge on any atom is -0.333 e. The van der Waals surface area contributed by atoms with Gasteiger partial charge in [-0.05, 0) is 57.0 Å². The van der Waals surface area contributed by atoms with Gasteiger partial charge in [0, 0.05) is 30.1 Å². The largest absolute Gasteiger partial charge is 0.333 e. The van der Waals surface area contributed by atoms with Crippen LogP contribution in [0, 0.1) is 32.1 Å². The van der Waals surface area contributed by atoms with Crippen LogP contribution in [0.2, 0.25) is 0 Å². The van der Waals surface area contributed by atoms with Gasteiger partial charge in [-0.1, -0.05) is 12.1 Å². The number of hydrogen-bond acceptors (Lipinski definition) is 5. The Kier molecular flexibility index (Phi) is 5.69. The zero-order valence-electron chi connectivity index (χ0n) is 17.3. The molecule has 0 aliphatic heterocycles. The molecule has 1 aromatic carbocycles. The van der Waals surface area contributed by atoms with Crippen LogP contribution in [0.25, 0.3) is 11.3 Å². The molecule has 0 saturated carbocycles. The average Bonchev–Trinajstić information content (AvgIpc) is 2.76. The number of nitrogens with zero attached hydrogens (tertiary/aromatic N) is 5. The summed E-state index contributed by atoms with van der Waals surface area (Å²) in [5.41, 5.74) is 6.24. The summed E-state index contributed by atoms with van der Waals surface area (Å²) in [6, 6.07) is 11.1. The van der Waals surface area contributed by atoms with Gasteiger partial charge in [-0.15, -0.1) is 0 Å². The van der Waals surface area contributed by atoms with Gasteiger partial charge in [-0.25, -0.2) is 9.97 Å². The third-order valence-electron chi connectivity index (χ3n) is 5.45. The van der Waals surface area contributed by atoms with Crippen LogP contribution in [-0.4, -0.2) is 32.8 Å². The lowest BCUT2D eigenvalue weighted by molar-refractivity contribution is 0.0739. The SMILES string of the molecule is Cc1nc(-c2ccc(C(=O)N(C)[C@H](C)c3ccncn3)cc2)c(C#N)c(C)c1C. The van der Waals surface area contributed by atoms with E-state index in [4.69, 9.17) is 0 Å². The predicted octanol–water partition coefficient (Wildman–Crippen LogP) is 4.17. The summed E-state index contributed by atoms with van der Waals surface area (Å²) in [6.07, 6.45) is 3.14. The molecule has 0 bridgehead atoms. The predicted molar refractivity (Wildman–Crippen MR) is 111 cm³/mol. The molecule has 146 valence electrons. The lowest BCUT2D eigenvalue weighted by Gasteiger charge is -2.24. The van der Waals surface area contributed by atoms with Crippen LogP contribution >= 0.6 is 0 Å². The third-order valence-corrected chi connectivity index (χ3v) is 5.45. The van der Waals surface area contributed by atoms with Crippen molar-refractivity contribution in [2.75, 3.05) is 7.05 Å². The van der Waals surface area contributed by atoms with E-state index in [1.807, 2.05) is 39.8 Å². The molecular formula is C23H23N5O. The van der Waals surface area contributed by atoms with Gasteiger partial charge < -0.3 is 4.90 Å². The molecule has 1 atom stereocenters. The standard InChI is InChI=1S/C23H23N5O/c1-14-15(2)20(12-24)22(27-16(14)3)18-6-8-19(9-7-18)23(29)28(5)17(4)21-10-11-25-13-26-21/h6-11,13,17H,1-5H3/t17-/m1/s1. The molecule has 0 N–H and O–H groups in total. The van der Waals surface area contributed by atoms with E-state index in [-0.39, 0.29) is 11.9 Å². The van der Waals surface area contributed by atoms with Crippen molar-refractivity contribution in [3.63, 3.8) is 0 Å². The van der Waals surface area contributed by atoms with Crippen molar-refractivity contribution in [2.45, 2.75) is 33.7 Å². The van der Waals surface area contributed by atoms with Crippen LogP contribution in [0.1, 0.15) is 51.4 Å². The molecule has 1 amide bonds. The normalized spacial score (nSPS) is 11.6. The fraction of sp³-hybridized carbons (Fsp3) is 0.261. The van der Waals surface area contributed by atoms with Crippen molar-refractivity contribution >= 4 is 5.91 Å². The van der Waals surface area contributed by atoms with Gasteiger partial charge in [0.25, 0.3) is 5.91 Å². The number of nitriles is 1. The number of hydrogen-bond donors (Lipinski definition) is 0. The number of carbonyl (C=O) groups excluding carboxylic acids is 1. The van der Waals surface area contributed by atoms with Crippen molar-refractivity contribution in [2.24, 2.45) is 0 Å². The van der Waals surface area contributed by atoms with Crippen LogP contribution in [-0.2, 0) is 0 Å². The van der Waals surface area contributed by atoms with Crippen LogP contribution in [0.4, 0.5) is 0 Å². The number of carbonyl (C=O) groups is 1. The fourth-order valence-corrected chi connectivity index (χ4v) is 3.19. The first-order valence-electron chi connectivity index (χ1n) is 9.36. The third kappa shape index (κ3) is 3.85. The van der Waals surface area contributed by atoms with Gasteiger partial charge in [-0.3, -0.25) is 9.78 Å². The zero-order valence-corrected chi connectivity index (χ0v) is 17.3. The molecule has 6 heteroatoms. The second kappa shape index (κ2) is 8.19. The molecule has 0 radical (unpaired) electrons. The maximum atomic E-state index is 12.9. The highest BCUT2D eigenvalue weighted by atomic mass is 16.2. The Morgan fingerprint density at radius 2 is 1.79 bits per heavy atom. The van der Waals surface area contributed by atoms with E-state index < -0.39 is 0 Å². The van der Waals surface area contributed by atoms with Gasteiger partial charge in [0.15, 0.2) is 0 Å². The first kappa shape index (κ1) is 20.2. The number of aryl methyl sites for hydroxylation is 1. The van der Waals surface area contributed by atoms with E-state index in [1.165, 1.54) is 6.33 Å².